The third kappa shape index (κ3) is 3.09. The average Bonchev–Trinajstić information content (AvgIpc) is 2.41. The molecule has 98 valence electrons. The van der Waals surface area contributed by atoms with Crippen molar-refractivity contribution in [2.45, 2.75) is 13.3 Å². The molecule has 0 heterocycles. The summed E-state index contributed by atoms with van der Waals surface area (Å²) in [5, 5.41) is 0. The minimum atomic E-state index is -0.476. The molecule has 2 aromatic rings. The van der Waals surface area contributed by atoms with Gasteiger partial charge in [0.15, 0.2) is 11.6 Å². The quantitative estimate of drug-likeness (QED) is 0.862. The Morgan fingerprint density at radius 3 is 2.58 bits per heavy atom. The first-order valence-corrected chi connectivity index (χ1v) is 6.37. The summed E-state index contributed by atoms with van der Waals surface area (Å²) in [6, 6.07) is 12.0. The molecular weight excluding hydrogens is 261 g/mol. The van der Waals surface area contributed by atoms with Crippen LogP contribution in [0.2, 0.25) is 0 Å². The Kier molecular flexibility index (Phi) is 4.12. The first-order valence-electron chi connectivity index (χ1n) is 5.97. The zero-order valence-corrected chi connectivity index (χ0v) is 11.3. The Bertz CT molecular complexity index is 613. The first kappa shape index (κ1) is 13.5. The number of ether oxygens (including phenoxy) is 1. The Morgan fingerprint density at radius 1 is 1.21 bits per heavy atom. The summed E-state index contributed by atoms with van der Waals surface area (Å²) in [5.41, 5.74) is 6.97. The molecule has 0 aliphatic carbocycles. The molecule has 2 rings (SSSR count). The number of para-hydroxylation sites is 1. The van der Waals surface area contributed by atoms with Gasteiger partial charge in [0.25, 0.3) is 0 Å². The smallest absolute Gasteiger partial charge is 0.166 e. The van der Waals surface area contributed by atoms with Crippen LogP contribution in [-0.4, -0.2) is 4.99 Å². The lowest BCUT2D eigenvalue weighted by molar-refractivity contribution is 0.438. The summed E-state index contributed by atoms with van der Waals surface area (Å²) in [4.78, 5) is 0.166. The Morgan fingerprint density at radius 2 is 1.95 bits per heavy atom. The lowest BCUT2D eigenvalue weighted by atomic mass is 10.1. The number of hydrogen-bond acceptors (Lipinski definition) is 2. The predicted molar refractivity (Wildman–Crippen MR) is 78.2 cm³/mol. The van der Waals surface area contributed by atoms with E-state index in [2.05, 4.69) is 0 Å². The summed E-state index contributed by atoms with van der Waals surface area (Å²) in [5.74, 6) is 0.351. The maximum Gasteiger partial charge on any atom is 0.166 e. The molecule has 0 amide bonds. The summed E-state index contributed by atoms with van der Waals surface area (Å²) < 4.78 is 19.5. The Hall–Kier alpha value is -1.94. The Balaban J connectivity index is 2.31. The third-order valence-corrected chi connectivity index (χ3v) is 3.03. The van der Waals surface area contributed by atoms with Crippen molar-refractivity contribution in [2.75, 3.05) is 0 Å². The fourth-order valence-electron chi connectivity index (χ4n) is 1.75. The van der Waals surface area contributed by atoms with E-state index in [-0.39, 0.29) is 10.7 Å². The molecule has 0 saturated carbocycles. The zero-order valence-electron chi connectivity index (χ0n) is 10.5. The average molecular weight is 275 g/mol. The number of nitrogens with two attached hydrogens (primary N) is 1. The van der Waals surface area contributed by atoms with Crippen LogP contribution in [0, 0.1) is 5.82 Å². The van der Waals surface area contributed by atoms with Crippen molar-refractivity contribution in [3.63, 3.8) is 0 Å². The van der Waals surface area contributed by atoms with Gasteiger partial charge in [-0.05, 0) is 36.2 Å². The van der Waals surface area contributed by atoms with Crippen molar-refractivity contribution in [2.24, 2.45) is 5.73 Å². The highest BCUT2D eigenvalue weighted by molar-refractivity contribution is 7.80. The number of benzene rings is 2. The topological polar surface area (TPSA) is 35.2 Å². The normalized spacial score (nSPS) is 10.2. The second kappa shape index (κ2) is 5.80. The summed E-state index contributed by atoms with van der Waals surface area (Å²) >= 11 is 4.80. The molecular formula is C15H14FNOS. The minimum absolute atomic E-state index is 0.166. The van der Waals surface area contributed by atoms with Gasteiger partial charge < -0.3 is 10.5 Å². The van der Waals surface area contributed by atoms with Crippen molar-refractivity contribution in [1.82, 2.24) is 0 Å². The lowest BCUT2D eigenvalue weighted by Crippen LogP contribution is -2.09. The van der Waals surface area contributed by atoms with E-state index in [4.69, 9.17) is 22.7 Å². The van der Waals surface area contributed by atoms with Crippen LogP contribution in [0.15, 0.2) is 42.5 Å². The van der Waals surface area contributed by atoms with Gasteiger partial charge in [-0.3, -0.25) is 0 Å². The molecule has 2 aromatic carbocycles. The van der Waals surface area contributed by atoms with Crippen molar-refractivity contribution in [3.8, 4) is 11.5 Å². The SMILES string of the molecule is CCc1ccccc1Oc1ccc(C(N)=S)cc1F. The van der Waals surface area contributed by atoms with E-state index in [0.29, 0.717) is 11.3 Å². The molecule has 2 nitrogen and oxygen atoms in total. The van der Waals surface area contributed by atoms with Crippen LogP contribution in [-0.2, 0) is 6.42 Å². The van der Waals surface area contributed by atoms with Crippen LogP contribution >= 0.6 is 12.2 Å². The number of halogens is 1. The van der Waals surface area contributed by atoms with Gasteiger partial charge in [0.05, 0.1) is 0 Å². The molecule has 0 atom stereocenters. The molecule has 0 aliphatic rings. The summed E-state index contributed by atoms with van der Waals surface area (Å²) in [6.07, 6.45) is 0.822. The highest BCUT2D eigenvalue weighted by atomic mass is 32.1. The van der Waals surface area contributed by atoms with Crippen LogP contribution in [0.1, 0.15) is 18.1 Å². The maximum absolute atomic E-state index is 13.9. The Labute approximate surface area is 117 Å². The maximum atomic E-state index is 13.9. The van der Waals surface area contributed by atoms with Gasteiger partial charge in [0.1, 0.15) is 10.7 Å². The molecule has 19 heavy (non-hydrogen) atoms. The molecule has 0 bridgehead atoms. The molecule has 0 spiro atoms. The van der Waals surface area contributed by atoms with Crippen molar-refractivity contribution in [1.29, 1.82) is 0 Å². The predicted octanol–water partition coefficient (Wildman–Crippen LogP) is 3.81. The van der Waals surface area contributed by atoms with Gasteiger partial charge in [-0.25, -0.2) is 4.39 Å². The summed E-state index contributed by atoms with van der Waals surface area (Å²) in [6.45, 7) is 2.02. The fourth-order valence-corrected chi connectivity index (χ4v) is 1.88. The molecule has 0 unspecified atom stereocenters. The first-order chi connectivity index (χ1) is 9.11. The second-order valence-corrected chi connectivity index (χ2v) is 4.51. The van der Waals surface area contributed by atoms with E-state index in [1.165, 1.54) is 12.1 Å². The van der Waals surface area contributed by atoms with E-state index in [1.807, 2.05) is 31.2 Å². The van der Waals surface area contributed by atoms with E-state index < -0.39 is 5.82 Å². The van der Waals surface area contributed by atoms with Crippen LogP contribution < -0.4 is 10.5 Å². The summed E-state index contributed by atoms with van der Waals surface area (Å²) in [7, 11) is 0. The van der Waals surface area contributed by atoms with Crippen LogP contribution in [0.3, 0.4) is 0 Å². The molecule has 0 radical (unpaired) electrons. The number of rotatable bonds is 4. The van der Waals surface area contributed by atoms with Gasteiger partial charge in [0, 0.05) is 5.56 Å². The highest BCUT2D eigenvalue weighted by Crippen LogP contribution is 2.28. The van der Waals surface area contributed by atoms with Gasteiger partial charge in [0.2, 0.25) is 0 Å². The zero-order chi connectivity index (χ0) is 13.8. The van der Waals surface area contributed by atoms with E-state index in [0.717, 1.165) is 12.0 Å². The van der Waals surface area contributed by atoms with E-state index in [9.17, 15) is 4.39 Å². The molecule has 4 heteroatoms. The fraction of sp³-hybridized carbons (Fsp3) is 0.133. The van der Waals surface area contributed by atoms with Gasteiger partial charge >= 0.3 is 0 Å². The molecule has 0 aliphatic heterocycles. The van der Waals surface area contributed by atoms with Crippen LogP contribution in [0.25, 0.3) is 0 Å². The molecule has 2 N–H and O–H groups in total. The molecule has 0 fully saturated rings. The van der Waals surface area contributed by atoms with Crippen molar-refractivity contribution >= 4 is 17.2 Å². The second-order valence-electron chi connectivity index (χ2n) is 4.07. The molecule has 0 aromatic heterocycles. The van der Waals surface area contributed by atoms with Crippen LogP contribution in [0.5, 0.6) is 11.5 Å². The van der Waals surface area contributed by atoms with Crippen LogP contribution in [0.4, 0.5) is 4.39 Å². The van der Waals surface area contributed by atoms with E-state index in [1.54, 1.807) is 6.07 Å². The minimum Gasteiger partial charge on any atom is -0.454 e. The highest BCUT2D eigenvalue weighted by Gasteiger charge is 2.09. The van der Waals surface area contributed by atoms with Gasteiger partial charge in [-0.2, -0.15) is 0 Å². The standard InChI is InChI=1S/C15H14FNOS/c1-2-10-5-3-4-6-13(10)18-14-8-7-11(15(17)19)9-12(14)16/h3-9H,2H2,1H3,(H2,17,19). The lowest BCUT2D eigenvalue weighted by Gasteiger charge is -2.11. The van der Waals surface area contributed by atoms with Gasteiger partial charge in [-0.15, -0.1) is 0 Å². The molecule has 0 saturated heterocycles. The number of hydrogen-bond donors (Lipinski definition) is 1. The number of aryl methyl sites for hydroxylation is 1. The van der Waals surface area contributed by atoms with Gasteiger partial charge in [-0.1, -0.05) is 37.3 Å². The third-order valence-electron chi connectivity index (χ3n) is 2.79. The van der Waals surface area contributed by atoms with Crippen molar-refractivity contribution < 1.29 is 9.13 Å². The largest absolute Gasteiger partial charge is 0.454 e. The van der Waals surface area contributed by atoms with E-state index >= 15 is 0 Å². The van der Waals surface area contributed by atoms with Crippen molar-refractivity contribution in [3.05, 3.63) is 59.4 Å². The monoisotopic (exact) mass is 275 g/mol. The number of thiocarbonyl (C=S) groups is 1.